The number of likely N-dealkylation sites (N-methyl/N-ethyl adjacent to an activating group) is 1. The van der Waals surface area contributed by atoms with Crippen LogP contribution in [-0.2, 0) is 18.4 Å². The van der Waals surface area contributed by atoms with E-state index in [0.717, 1.165) is 44.9 Å². The van der Waals surface area contributed by atoms with Gasteiger partial charge in [-0.3, -0.25) is 9.36 Å². The first-order valence-corrected chi connectivity index (χ1v) is 29.8. The fraction of sp³-hybridized carbons (Fsp3) is 0.877. The second kappa shape index (κ2) is 48.7. The largest absolute Gasteiger partial charge is 0.756 e. The third-order valence-corrected chi connectivity index (χ3v) is 13.8. The molecule has 0 fully saturated rings. The van der Waals surface area contributed by atoms with Crippen LogP contribution in [0.2, 0.25) is 0 Å². The van der Waals surface area contributed by atoms with Crippen molar-refractivity contribution >= 4 is 13.7 Å². The van der Waals surface area contributed by atoms with Crippen molar-refractivity contribution < 1.29 is 32.9 Å². The molecule has 0 rings (SSSR count). The van der Waals surface area contributed by atoms with Crippen molar-refractivity contribution in [3.63, 3.8) is 0 Å². The van der Waals surface area contributed by atoms with Crippen LogP contribution in [0, 0.1) is 0 Å². The molecule has 0 aliphatic rings. The highest BCUT2D eigenvalue weighted by Gasteiger charge is 2.23. The molecule has 0 aromatic carbocycles. The molecule has 0 aliphatic carbocycles. The Hall–Kier alpha value is -1.28. The number of aliphatic hydroxyl groups excluding tert-OH is 1. The van der Waals surface area contributed by atoms with Crippen molar-refractivity contribution in [2.45, 2.75) is 283 Å². The lowest BCUT2D eigenvalue weighted by atomic mass is 10.0. The maximum atomic E-state index is 12.9. The van der Waals surface area contributed by atoms with E-state index in [4.69, 9.17) is 9.05 Å². The van der Waals surface area contributed by atoms with Gasteiger partial charge in [0.25, 0.3) is 7.82 Å². The van der Waals surface area contributed by atoms with Crippen LogP contribution >= 0.6 is 7.82 Å². The number of unbranched alkanes of at least 4 members (excludes halogenated alkanes) is 35. The summed E-state index contributed by atoms with van der Waals surface area (Å²) >= 11 is 0. The predicted octanol–water partition coefficient (Wildman–Crippen LogP) is 16.4. The van der Waals surface area contributed by atoms with E-state index >= 15 is 0 Å². The number of nitrogens with zero attached hydrogens (tertiary/aromatic N) is 1. The van der Waals surface area contributed by atoms with Gasteiger partial charge in [-0.2, -0.15) is 0 Å². The van der Waals surface area contributed by atoms with Gasteiger partial charge in [0.2, 0.25) is 5.91 Å². The summed E-state index contributed by atoms with van der Waals surface area (Å²) in [5.41, 5.74) is 0. The van der Waals surface area contributed by atoms with Crippen LogP contribution in [-0.4, -0.2) is 68.5 Å². The lowest BCUT2D eigenvalue weighted by Gasteiger charge is -2.29. The maximum Gasteiger partial charge on any atom is 0.268 e. The van der Waals surface area contributed by atoms with Gasteiger partial charge in [0.15, 0.2) is 0 Å². The summed E-state index contributed by atoms with van der Waals surface area (Å²) in [5, 5.41) is 13.8. The zero-order chi connectivity index (χ0) is 48.5. The van der Waals surface area contributed by atoms with Gasteiger partial charge in [0.05, 0.1) is 39.9 Å². The van der Waals surface area contributed by atoms with E-state index in [0.29, 0.717) is 17.4 Å². The summed E-state index contributed by atoms with van der Waals surface area (Å²) in [5.74, 6) is -0.195. The van der Waals surface area contributed by atoms with Crippen molar-refractivity contribution in [2.24, 2.45) is 0 Å². The number of allylic oxidation sites excluding steroid dienone is 5. The minimum absolute atomic E-state index is 0.000468. The standard InChI is InChI=1S/C57H111N2O6P/c1-6-8-10-12-14-16-18-19-20-21-22-23-24-25-26-27-28-29-30-31-32-33-34-35-36-37-38-39-41-43-45-47-49-51-57(61)58-55(54-65-66(62,63)64-53-52-59(3,4)5)56(60)50-48-46-44-42-40-17-15-13-11-9-7-2/h18-19,21-22,48,50,55-56,60H,6-17,20,23-47,49,51-54H2,1-5H3,(H-,58,61,62,63)/b19-18-,22-21-,50-48+. The molecule has 0 bridgehead atoms. The van der Waals surface area contributed by atoms with Gasteiger partial charge in [-0.05, 0) is 51.4 Å². The third-order valence-electron chi connectivity index (χ3n) is 12.8. The highest BCUT2D eigenvalue weighted by Crippen LogP contribution is 2.38. The number of hydrogen-bond donors (Lipinski definition) is 2. The van der Waals surface area contributed by atoms with Gasteiger partial charge in [-0.1, -0.05) is 249 Å². The van der Waals surface area contributed by atoms with Crippen LogP contribution in [0.4, 0.5) is 0 Å². The van der Waals surface area contributed by atoms with E-state index in [2.05, 4.69) is 43.5 Å². The predicted molar refractivity (Wildman–Crippen MR) is 284 cm³/mol. The maximum absolute atomic E-state index is 12.9. The lowest BCUT2D eigenvalue weighted by molar-refractivity contribution is -0.870. The minimum Gasteiger partial charge on any atom is -0.756 e. The summed E-state index contributed by atoms with van der Waals surface area (Å²) in [6.07, 6.45) is 62.4. The van der Waals surface area contributed by atoms with Crippen molar-refractivity contribution in [1.82, 2.24) is 5.32 Å². The number of amides is 1. The summed E-state index contributed by atoms with van der Waals surface area (Å²) in [6.45, 7) is 4.64. The number of quaternary nitrogens is 1. The molecule has 390 valence electrons. The first-order valence-electron chi connectivity index (χ1n) is 28.4. The van der Waals surface area contributed by atoms with Crippen LogP contribution in [0.3, 0.4) is 0 Å². The van der Waals surface area contributed by atoms with E-state index in [9.17, 15) is 19.4 Å². The van der Waals surface area contributed by atoms with Crippen molar-refractivity contribution in [1.29, 1.82) is 0 Å². The number of phosphoric ester groups is 1. The highest BCUT2D eigenvalue weighted by atomic mass is 31.2. The SMILES string of the molecule is CCCCCCC/C=C\C/C=C\CCCCCCCCCCCCCCCCCCCCCCCC(=O)NC(COP(=O)([O-])OCC[N+](C)(C)C)C(O)/C=C/CCCCCCCCCCC. The van der Waals surface area contributed by atoms with E-state index in [1.165, 1.54) is 205 Å². The average molecular weight is 951 g/mol. The Balaban J connectivity index is 3.95. The van der Waals surface area contributed by atoms with Crippen molar-refractivity contribution in [3.05, 3.63) is 36.5 Å². The Morgan fingerprint density at radius 3 is 1.26 bits per heavy atom. The van der Waals surface area contributed by atoms with E-state index < -0.39 is 20.0 Å². The smallest absolute Gasteiger partial charge is 0.268 e. The molecule has 0 aromatic heterocycles. The zero-order valence-electron chi connectivity index (χ0n) is 44.4. The molecule has 8 nitrogen and oxygen atoms in total. The number of carbonyl (C=O) groups is 1. The molecule has 0 spiro atoms. The summed E-state index contributed by atoms with van der Waals surface area (Å²) in [6, 6.07) is -0.883. The number of rotatable bonds is 52. The number of nitrogens with one attached hydrogen (secondary N) is 1. The average Bonchev–Trinajstić information content (AvgIpc) is 3.28. The molecular weight excluding hydrogens is 840 g/mol. The molecule has 1 amide bonds. The van der Waals surface area contributed by atoms with E-state index in [1.54, 1.807) is 6.08 Å². The minimum atomic E-state index is -4.59. The topological polar surface area (TPSA) is 108 Å². The second-order valence-corrected chi connectivity index (χ2v) is 22.1. The first-order chi connectivity index (χ1) is 32.0. The first kappa shape index (κ1) is 64.7. The Labute approximate surface area is 410 Å². The van der Waals surface area contributed by atoms with Gasteiger partial charge in [-0.15, -0.1) is 0 Å². The van der Waals surface area contributed by atoms with Gasteiger partial charge >= 0.3 is 0 Å². The summed E-state index contributed by atoms with van der Waals surface area (Å²) in [4.78, 5) is 25.4. The molecule has 9 heteroatoms. The molecular formula is C57H111N2O6P. The van der Waals surface area contributed by atoms with Crippen LogP contribution < -0.4 is 10.2 Å². The Kier molecular flexibility index (Phi) is 47.8. The molecule has 0 saturated heterocycles. The quantitative estimate of drug-likeness (QED) is 0.0272. The second-order valence-electron chi connectivity index (χ2n) is 20.6. The Bertz CT molecular complexity index is 1170. The van der Waals surface area contributed by atoms with E-state index in [-0.39, 0.29) is 19.1 Å². The lowest BCUT2D eigenvalue weighted by Crippen LogP contribution is -2.45. The molecule has 0 aliphatic heterocycles. The number of aliphatic hydroxyl groups is 1. The fourth-order valence-corrected chi connectivity index (χ4v) is 9.08. The van der Waals surface area contributed by atoms with Crippen molar-refractivity contribution in [2.75, 3.05) is 40.9 Å². The monoisotopic (exact) mass is 951 g/mol. The molecule has 3 atom stereocenters. The van der Waals surface area contributed by atoms with E-state index in [1.807, 2.05) is 27.2 Å². The molecule has 3 unspecified atom stereocenters. The van der Waals surface area contributed by atoms with Gasteiger partial charge in [-0.25, -0.2) is 0 Å². The molecule has 0 saturated carbocycles. The highest BCUT2D eigenvalue weighted by molar-refractivity contribution is 7.45. The summed E-state index contributed by atoms with van der Waals surface area (Å²) in [7, 11) is 1.27. The molecule has 0 aromatic rings. The Morgan fingerprint density at radius 2 is 0.879 bits per heavy atom. The third kappa shape index (κ3) is 50.6. The van der Waals surface area contributed by atoms with Crippen LogP contribution in [0.15, 0.2) is 36.5 Å². The summed E-state index contributed by atoms with van der Waals surface area (Å²) < 4.78 is 23.3. The van der Waals surface area contributed by atoms with Gasteiger partial charge in [0.1, 0.15) is 13.2 Å². The molecule has 66 heavy (non-hydrogen) atoms. The fourth-order valence-electron chi connectivity index (χ4n) is 8.36. The normalized spacial score (nSPS) is 14.2. The van der Waals surface area contributed by atoms with Crippen molar-refractivity contribution in [3.8, 4) is 0 Å². The number of phosphoric acid groups is 1. The van der Waals surface area contributed by atoms with Crippen LogP contribution in [0.25, 0.3) is 0 Å². The zero-order valence-corrected chi connectivity index (χ0v) is 45.3. The van der Waals surface area contributed by atoms with Gasteiger partial charge < -0.3 is 28.8 Å². The van der Waals surface area contributed by atoms with Crippen LogP contribution in [0.5, 0.6) is 0 Å². The number of hydrogen-bond acceptors (Lipinski definition) is 6. The molecule has 0 heterocycles. The Morgan fingerprint density at radius 1 is 0.530 bits per heavy atom. The van der Waals surface area contributed by atoms with Gasteiger partial charge in [0, 0.05) is 6.42 Å². The number of carbonyl (C=O) groups excluding carboxylic acids is 1. The van der Waals surface area contributed by atoms with Crippen LogP contribution in [0.1, 0.15) is 271 Å². The molecule has 2 N–H and O–H groups in total. The molecule has 0 radical (unpaired) electrons.